The second kappa shape index (κ2) is 10.5. The number of rotatable bonds is 8. The molecule has 0 fully saturated rings. The maximum atomic E-state index is 12.4. The molecule has 2 atom stereocenters. The van der Waals surface area contributed by atoms with Crippen molar-refractivity contribution < 1.29 is 14.3 Å². The van der Waals surface area contributed by atoms with Crippen LogP contribution in [0, 0.1) is 0 Å². The Kier molecular flexibility index (Phi) is 9.06. The molecule has 2 amide bonds. The number of nitrogens with one attached hydrogen (secondary N) is 2. The predicted molar refractivity (Wildman–Crippen MR) is 109 cm³/mol. The highest BCUT2D eigenvalue weighted by molar-refractivity contribution is 6.31. The third-order valence-corrected chi connectivity index (χ3v) is 4.46. The monoisotopic (exact) mass is 397 g/mol. The van der Waals surface area contributed by atoms with Crippen LogP contribution in [0.3, 0.4) is 0 Å². The topological polar surface area (TPSA) is 70.7 Å². The maximum Gasteiger partial charge on any atom is 0.408 e. The van der Waals surface area contributed by atoms with Crippen LogP contribution in [-0.4, -0.2) is 48.2 Å². The molecular weight excluding hydrogens is 366 g/mol. The van der Waals surface area contributed by atoms with Gasteiger partial charge in [0.25, 0.3) is 0 Å². The summed E-state index contributed by atoms with van der Waals surface area (Å²) >= 11 is 6.37. The van der Waals surface area contributed by atoms with E-state index < -0.39 is 17.7 Å². The molecule has 0 heterocycles. The number of ether oxygens (including phenoxy) is 1. The van der Waals surface area contributed by atoms with E-state index in [1.807, 2.05) is 24.3 Å². The molecule has 0 saturated heterocycles. The number of nitrogens with zero attached hydrogens (tertiary/aromatic N) is 1. The zero-order valence-electron chi connectivity index (χ0n) is 17.1. The van der Waals surface area contributed by atoms with Crippen molar-refractivity contribution in [3.05, 3.63) is 34.9 Å². The Labute approximate surface area is 167 Å². The first kappa shape index (κ1) is 23.2. The van der Waals surface area contributed by atoms with Crippen molar-refractivity contribution in [3.63, 3.8) is 0 Å². The lowest BCUT2D eigenvalue weighted by atomic mass is 10.0. The molecule has 0 radical (unpaired) electrons. The van der Waals surface area contributed by atoms with E-state index in [-0.39, 0.29) is 11.9 Å². The molecular formula is C20H32ClN3O3. The van der Waals surface area contributed by atoms with E-state index in [2.05, 4.69) is 29.4 Å². The lowest BCUT2D eigenvalue weighted by Gasteiger charge is -2.31. The fourth-order valence-electron chi connectivity index (χ4n) is 2.75. The smallest absolute Gasteiger partial charge is 0.408 e. The first-order valence-electron chi connectivity index (χ1n) is 9.34. The number of likely N-dealkylation sites (N-methyl/N-ethyl adjacent to an activating group) is 1. The van der Waals surface area contributed by atoms with Crippen molar-refractivity contribution in [1.82, 2.24) is 15.5 Å². The van der Waals surface area contributed by atoms with Crippen LogP contribution in [0.5, 0.6) is 0 Å². The maximum absolute atomic E-state index is 12.4. The molecule has 1 rings (SSSR count). The Bertz CT molecular complexity index is 627. The molecule has 0 saturated carbocycles. The van der Waals surface area contributed by atoms with Gasteiger partial charge in [-0.2, -0.15) is 0 Å². The number of hydrogen-bond donors (Lipinski definition) is 2. The van der Waals surface area contributed by atoms with Crippen LogP contribution < -0.4 is 10.6 Å². The molecule has 1 aromatic rings. The molecule has 27 heavy (non-hydrogen) atoms. The summed E-state index contributed by atoms with van der Waals surface area (Å²) in [5.41, 5.74) is 0.356. The second-order valence-corrected chi connectivity index (χ2v) is 7.78. The highest BCUT2D eigenvalue weighted by atomic mass is 35.5. The van der Waals surface area contributed by atoms with Crippen LogP contribution in [0.1, 0.15) is 53.1 Å². The SMILES string of the molecule is CCN(CC)C(CNC(=O)C(C)NC(=O)OC(C)(C)C)c1ccccc1Cl. The van der Waals surface area contributed by atoms with Gasteiger partial charge < -0.3 is 15.4 Å². The Morgan fingerprint density at radius 2 is 1.78 bits per heavy atom. The first-order valence-corrected chi connectivity index (χ1v) is 9.72. The van der Waals surface area contributed by atoms with E-state index in [0.29, 0.717) is 11.6 Å². The van der Waals surface area contributed by atoms with Crippen molar-refractivity contribution in [3.8, 4) is 0 Å². The standard InChI is InChI=1S/C20H32ClN3O3/c1-7-24(8-2)17(15-11-9-10-12-16(15)21)13-22-18(25)14(3)23-19(26)27-20(4,5)6/h9-12,14,17H,7-8,13H2,1-6H3,(H,22,25)(H,23,26). The molecule has 2 unspecified atom stereocenters. The molecule has 2 N–H and O–H groups in total. The van der Waals surface area contributed by atoms with Gasteiger partial charge >= 0.3 is 6.09 Å². The quantitative estimate of drug-likeness (QED) is 0.700. The number of carbonyl (C=O) groups is 2. The van der Waals surface area contributed by atoms with Gasteiger partial charge in [-0.25, -0.2) is 4.79 Å². The number of benzene rings is 1. The van der Waals surface area contributed by atoms with Gasteiger partial charge in [0.15, 0.2) is 0 Å². The molecule has 0 aliphatic rings. The minimum absolute atomic E-state index is 0.0497. The number of halogens is 1. The Morgan fingerprint density at radius 3 is 2.30 bits per heavy atom. The van der Waals surface area contributed by atoms with Gasteiger partial charge in [-0.3, -0.25) is 9.69 Å². The number of amides is 2. The van der Waals surface area contributed by atoms with Crippen molar-refractivity contribution in [1.29, 1.82) is 0 Å². The Morgan fingerprint density at radius 1 is 1.19 bits per heavy atom. The van der Waals surface area contributed by atoms with Gasteiger partial charge in [0.2, 0.25) is 5.91 Å². The summed E-state index contributed by atoms with van der Waals surface area (Å²) in [6.07, 6.45) is -0.614. The minimum Gasteiger partial charge on any atom is -0.444 e. The van der Waals surface area contributed by atoms with Crippen LogP contribution in [0.2, 0.25) is 5.02 Å². The van der Waals surface area contributed by atoms with Crippen molar-refractivity contribution in [2.24, 2.45) is 0 Å². The highest BCUT2D eigenvalue weighted by Gasteiger charge is 2.24. The van der Waals surface area contributed by atoms with Gasteiger partial charge in [-0.05, 0) is 52.4 Å². The lowest BCUT2D eigenvalue weighted by molar-refractivity contribution is -0.123. The number of hydrogen-bond acceptors (Lipinski definition) is 4. The summed E-state index contributed by atoms with van der Waals surface area (Å²) in [7, 11) is 0. The zero-order chi connectivity index (χ0) is 20.6. The fraction of sp³-hybridized carbons (Fsp3) is 0.600. The Hall–Kier alpha value is -1.79. The minimum atomic E-state index is -0.705. The summed E-state index contributed by atoms with van der Waals surface area (Å²) in [4.78, 5) is 26.5. The van der Waals surface area contributed by atoms with E-state index in [1.54, 1.807) is 27.7 Å². The first-order chi connectivity index (χ1) is 12.6. The molecule has 7 heteroatoms. The van der Waals surface area contributed by atoms with Gasteiger partial charge in [-0.1, -0.05) is 43.6 Å². The number of alkyl carbamates (subject to hydrolysis) is 1. The molecule has 0 aliphatic carbocycles. The largest absolute Gasteiger partial charge is 0.444 e. The summed E-state index contributed by atoms with van der Waals surface area (Å²) in [5, 5.41) is 6.14. The van der Waals surface area contributed by atoms with E-state index in [0.717, 1.165) is 18.7 Å². The van der Waals surface area contributed by atoms with Gasteiger partial charge in [0.05, 0.1) is 6.04 Å². The van der Waals surface area contributed by atoms with Crippen molar-refractivity contribution in [2.45, 2.75) is 59.2 Å². The van der Waals surface area contributed by atoms with E-state index in [9.17, 15) is 9.59 Å². The average Bonchev–Trinajstić information content (AvgIpc) is 2.57. The summed E-state index contributed by atoms with van der Waals surface area (Å²) < 4.78 is 5.19. The van der Waals surface area contributed by atoms with Crippen LogP contribution in [0.25, 0.3) is 0 Å². The Balaban J connectivity index is 2.76. The van der Waals surface area contributed by atoms with E-state index in [1.165, 1.54) is 0 Å². The number of carbonyl (C=O) groups excluding carboxylic acids is 2. The fourth-order valence-corrected chi connectivity index (χ4v) is 3.01. The van der Waals surface area contributed by atoms with Crippen LogP contribution in [0.15, 0.2) is 24.3 Å². The third kappa shape index (κ3) is 7.77. The van der Waals surface area contributed by atoms with Crippen molar-refractivity contribution in [2.75, 3.05) is 19.6 Å². The highest BCUT2D eigenvalue weighted by Crippen LogP contribution is 2.26. The van der Waals surface area contributed by atoms with Gasteiger partial charge in [0.1, 0.15) is 11.6 Å². The summed E-state index contributed by atoms with van der Waals surface area (Å²) in [5.74, 6) is -0.273. The molecule has 0 aromatic heterocycles. The van der Waals surface area contributed by atoms with Crippen LogP contribution in [0.4, 0.5) is 4.79 Å². The molecule has 1 aromatic carbocycles. The lowest BCUT2D eigenvalue weighted by Crippen LogP contribution is -2.48. The van der Waals surface area contributed by atoms with Crippen LogP contribution >= 0.6 is 11.6 Å². The normalized spacial score (nSPS) is 13.8. The van der Waals surface area contributed by atoms with Crippen molar-refractivity contribution >= 4 is 23.6 Å². The van der Waals surface area contributed by atoms with Gasteiger partial charge in [-0.15, -0.1) is 0 Å². The van der Waals surface area contributed by atoms with E-state index >= 15 is 0 Å². The van der Waals surface area contributed by atoms with E-state index in [4.69, 9.17) is 16.3 Å². The second-order valence-electron chi connectivity index (χ2n) is 7.37. The molecule has 152 valence electrons. The van der Waals surface area contributed by atoms with Crippen LogP contribution in [-0.2, 0) is 9.53 Å². The molecule has 6 nitrogen and oxygen atoms in total. The molecule has 0 aliphatic heterocycles. The predicted octanol–water partition coefficient (Wildman–Crippen LogP) is 3.75. The third-order valence-electron chi connectivity index (χ3n) is 4.11. The molecule has 0 spiro atoms. The summed E-state index contributed by atoms with van der Waals surface area (Å²) in [6, 6.07) is 6.89. The molecule has 0 bridgehead atoms. The summed E-state index contributed by atoms with van der Waals surface area (Å²) in [6.45, 7) is 13.1. The van der Waals surface area contributed by atoms with Gasteiger partial charge in [0, 0.05) is 11.6 Å². The zero-order valence-corrected chi connectivity index (χ0v) is 17.9. The average molecular weight is 398 g/mol.